The monoisotopic (exact) mass is 346 g/mol. The van der Waals surface area contributed by atoms with Crippen LogP contribution in [0.1, 0.15) is 63.7 Å². The molecule has 1 N–H and O–H groups in total. The maximum atomic E-state index is 12.2. The van der Waals surface area contributed by atoms with Crippen molar-refractivity contribution in [3.05, 3.63) is 35.4 Å². The molecule has 1 amide bonds. The lowest BCUT2D eigenvalue weighted by Gasteiger charge is -2.28. The van der Waals surface area contributed by atoms with Crippen LogP contribution in [0.3, 0.4) is 0 Å². The van der Waals surface area contributed by atoms with Crippen LogP contribution in [0.4, 0.5) is 4.79 Å². The van der Waals surface area contributed by atoms with Gasteiger partial charge in [0.25, 0.3) is 0 Å². The van der Waals surface area contributed by atoms with E-state index in [-0.39, 0.29) is 18.2 Å². The number of amides is 1. The molecule has 4 nitrogen and oxygen atoms in total. The molecule has 2 aliphatic rings. The molecule has 3 unspecified atom stereocenters. The Morgan fingerprint density at radius 1 is 1.29 bits per heavy atom. The fourth-order valence-electron chi connectivity index (χ4n) is 3.65. The van der Waals surface area contributed by atoms with Crippen molar-refractivity contribution in [2.45, 2.75) is 58.2 Å². The molecule has 1 aliphatic heterocycles. The Hall–Kier alpha value is -1.62. The summed E-state index contributed by atoms with van der Waals surface area (Å²) in [5.74, 6) is 0.463. The third-order valence-corrected chi connectivity index (χ3v) is 5.40. The Balaban J connectivity index is 1.79. The molecule has 5 heteroatoms. The van der Waals surface area contributed by atoms with Crippen LogP contribution in [0.2, 0.25) is 0 Å². The first-order valence-electron chi connectivity index (χ1n) is 8.65. The molecule has 130 valence electrons. The summed E-state index contributed by atoms with van der Waals surface area (Å²) in [4.78, 5) is 15.6. The Morgan fingerprint density at radius 3 is 2.54 bits per heavy atom. The second kappa shape index (κ2) is 6.36. The lowest BCUT2D eigenvalue weighted by atomic mass is 10.1. The molecule has 0 radical (unpaired) electrons. The van der Waals surface area contributed by atoms with Gasteiger partial charge in [0.1, 0.15) is 5.60 Å². The van der Waals surface area contributed by atoms with E-state index in [4.69, 9.17) is 17.0 Å². The van der Waals surface area contributed by atoms with Crippen LogP contribution in [0, 0.1) is 5.92 Å². The van der Waals surface area contributed by atoms with Crippen molar-refractivity contribution < 1.29 is 9.53 Å². The number of alkyl carbamates (subject to hydrolysis) is 1. The largest absolute Gasteiger partial charge is 0.444 e. The van der Waals surface area contributed by atoms with Crippen molar-refractivity contribution in [3.8, 4) is 0 Å². The van der Waals surface area contributed by atoms with Gasteiger partial charge in [-0.1, -0.05) is 43.4 Å². The minimum atomic E-state index is -0.493. The summed E-state index contributed by atoms with van der Waals surface area (Å²) in [5, 5.41) is 3.04. The summed E-state index contributed by atoms with van der Waals surface area (Å²) in [6.45, 7) is 8.82. The van der Waals surface area contributed by atoms with Gasteiger partial charge in [0.2, 0.25) is 0 Å². The molecule has 3 rings (SSSR count). The number of ether oxygens (including phenoxy) is 1. The zero-order valence-electron chi connectivity index (χ0n) is 14.8. The van der Waals surface area contributed by atoms with Crippen LogP contribution < -0.4 is 5.32 Å². The number of nitrogens with zero attached hydrogens (tertiary/aromatic N) is 1. The maximum Gasteiger partial charge on any atom is 0.408 e. The molecule has 1 aliphatic carbocycles. The number of thiocarbonyl (C=S) groups is 1. The van der Waals surface area contributed by atoms with Crippen LogP contribution in [-0.2, 0) is 4.74 Å². The van der Waals surface area contributed by atoms with E-state index in [2.05, 4.69) is 35.3 Å². The molecule has 1 heterocycles. The SMILES string of the molecule is CC1CCN(C2CC(NC(=O)OC(C)(C)C)c3ccccc32)C1=S. The molecule has 1 fully saturated rings. The number of hydrogen-bond donors (Lipinski definition) is 1. The van der Waals surface area contributed by atoms with Gasteiger partial charge < -0.3 is 15.0 Å². The molecule has 1 aromatic rings. The zero-order chi connectivity index (χ0) is 17.5. The highest BCUT2D eigenvalue weighted by Gasteiger charge is 2.39. The summed E-state index contributed by atoms with van der Waals surface area (Å²) in [7, 11) is 0. The van der Waals surface area contributed by atoms with Crippen molar-refractivity contribution in [1.82, 2.24) is 10.2 Å². The minimum Gasteiger partial charge on any atom is -0.444 e. The molecule has 0 aromatic heterocycles. The molecule has 0 bridgehead atoms. The molecule has 24 heavy (non-hydrogen) atoms. The number of carbonyl (C=O) groups is 1. The van der Waals surface area contributed by atoms with Crippen molar-refractivity contribution in [3.63, 3.8) is 0 Å². The van der Waals surface area contributed by atoms with E-state index in [0.717, 1.165) is 24.4 Å². The van der Waals surface area contributed by atoms with Gasteiger partial charge in [-0.05, 0) is 44.7 Å². The number of fused-ring (bicyclic) bond motifs is 1. The molecule has 0 spiro atoms. The highest BCUT2D eigenvalue weighted by molar-refractivity contribution is 7.80. The minimum absolute atomic E-state index is 0.0280. The first-order valence-corrected chi connectivity index (χ1v) is 9.06. The zero-order valence-corrected chi connectivity index (χ0v) is 15.7. The number of nitrogens with one attached hydrogen (secondary N) is 1. The summed E-state index contributed by atoms with van der Waals surface area (Å²) in [6.07, 6.45) is 1.59. The summed E-state index contributed by atoms with van der Waals surface area (Å²) in [6, 6.07) is 8.56. The second-order valence-corrected chi connectivity index (χ2v) is 8.22. The van der Waals surface area contributed by atoms with Crippen molar-refractivity contribution in [1.29, 1.82) is 0 Å². The summed E-state index contributed by atoms with van der Waals surface area (Å²) < 4.78 is 5.42. The summed E-state index contributed by atoms with van der Waals surface area (Å²) in [5.41, 5.74) is 1.96. The van der Waals surface area contributed by atoms with Gasteiger partial charge in [0, 0.05) is 12.5 Å². The lowest BCUT2D eigenvalue weighted by molar-refractivity contribution is 0.0500. The highest BCUT2D eigenvalue weighted by Crippen LogP contribution is 2.44. The van der Waals surface area contributed by atoms with Crippen LogP contribution in [-0.4, -0.2) is 28.1 Å². The van der Waals surface area contributed by atoms with Gasteiger partial charge in [0.15, 0.2) is 0 Å². The van der Waals surface area contributed by atoms with Crippen molar-refractivity contribution >= 4 is 23.3 Å². The molecule has 0 saturated carbocycles. The molecular formula is C19H26N2O2S. The van der Waals surface area contributed by atoms with Gasteiger partial charge >= 0.3 is 6.09 Å². The molecular weight excluding hydrogens is 320 g/mol. The Morgan fingerprint density at radius 2 is 1.96 bits per heavy atom. The van der Waals surface area contributed by atoms with Crippen LogP contribution in [0.5, 0.6) is 0 Å². The van der Waals surface area contributed by atoms with E-state index in [9.17, 15) is 4.79 Å². The average Bonchev–Trinajstić information content (AvgIpc) is 2.99. The fraction of sp³-hybridized carbons (Fsp3) is 0.579. The number of benzene rings is 1. The van der Waals surface area contributed by atoms with Gasteiger partial charge in [-0.15, -0.1) is 0 Å². The normalized spacial score (nSPS) is 26.4. The van der Waals surface area contributed by atoms with E-state index in [1.807, 2.05) is 26.8 Å². The van der Waals surface area contributed by atoms with E-state index >= 15 is 0 Å². The summed E-state index contributed by atoms with van der Waals surface area (Å²) >= 11 is 5.64. The van der Waals surface area contributed by atoms with Gasteiger partial charge in [-0.2, -0.15) is 0 Å². The number of hydrogen-bond acceptors (Lipinski definition) is 3. The average molecular weight is 346 g/mol. The predicted octanol–water partition coefficient (Wildman–Crippen LogP) is 4.37. The highest BCUT2D eigenvalue weighted by atomic mass is 32.1. The van der Waals surface area contributed by atoms with Crippen molar-refractivity contribution in [2.24, 2.45) is 5.92 Å². The maximum absolute atomic E-state index is 12.2. The first kappa shape index (κ1) is 17.2. The molecule has 1 aromatic carbocycles. The first-order chi connectivity index (χ1) is 11.3. The second-order valence-electron chi connectivity index (χ2n) is 7.80. The van der Waals surface area contributed by atoms with Crippen molar-refractivity contribution in [2.75, 3.05) is 6.54 Å². The number of rotatable bonds is 2. The van der Waals surface area contributed by atoms with Gasteiger partial charge in [-0.25, -0.2) is 4.79 Å². The Labute approximate surface area is 149 Å². The third-order valence-electron chi connectivity index (χ3n) is 4.76. The topological polar surface area (TPSA) is 41.6 Å². The van der Waals surface area contributed by atoms with Crippen LogP contribution >= 0.6 is 12.2 Å². The number of likely N-dealkylation sites (tertiary alicyclic amines) is 1. The Bertz CT molecular complexity index is 653. The quantitative estimate of drug-likeness (QED) is 0.808. The fourth-order valence-corrected chi connectivity index (χ4v) is 3.99. The van der Waals surface area contributed by atoms with E-state index in [0.29, 0.717) is 5.92 Å². The van der Waals surface area contributed by atoms with E-state index in [1.165, 1.54) is 11.1 Å². The van der Waals surface area contributed by atoms with E-state index < -0.39 is 5.60 Å². The van der Waals surface area contributed by atoms with Gasteiger partial charge in [-0.3, -0.25) is 0 Å². The van der Waals surface area contributed by atoms with E-state index in [1.54, 1.807) is 0 Å². The smallest absolute Gasteiger partial charge is 0.408 e. The lowest BCUT2D eigenvalue weighted by Crippen LogP contribution is -2.35. The molecule has 1 saturated heterocycles. The standard InChI is InChI=1S/C19H26N2O2S/c1-12-9-10-21(17(12)24)16-11-15(13-7-5-6-8-14(13)16)20-18(22)23-19(2,3)4/h5-8,12,15-16H,9-11H2,1-4H3,(H,20,22). The van der Waals surface area contributed by atoms with Crippen LogP contribution in [0.15, 0.2) is 24.3 Å². The van der Waals surface area contributed by atoms with Crippen LogP contribution in [0.25, 0.3) is 0 Å². The van der Waals surface area contributed by atoms with Gasteiger partial charge in [0.05, 0.1) is 17.1 Å². The predicted molar refractivity (Wildman–Crippen MR) is 99.0 cm³/mol. The Kier molecular flexibility index (Phi) is 4.56. The number of carbonyl (C=O) groups excluding carboxylic acids is 1. The third kappa shape index (κ3) is 3.41. The molecule has 3 atom stereocenters.